The summed E-state index contributed by atoms with van der Waals surface area (Å²) in [7, 11) is 0. The first-order valence-electron chi connectivity index (χ1n) is 16.0. The monoisotopic (exact) mass is 585 g/mol. The number of hydrogen-bond donors (Lipinski definition) is 0. The van der Waals surface area contributed by atoms with Crippen LogP contribution in [0.5, 0.6) is 0 Å². The largest absolute Gasteiger partial charge is 0.454 e. The number of anilines is 1. The van der Waals surface area contributed by atoms with Crippen LogP contribution in [-0.2, 0) is 11.1 Å². The highest BCUT2D eigenvalue weighted by molar-refractivity contribution is 6.10. The fourth-order valence-corrected chi connectivity index (χ4v) is 9.36. The minimum atomic E-state index is -0.623. The van der Waals surface area contributed by atoms with E-state index < -0.39 is 11.1 Å². The minimum absolute atomic E-state index is 0.623. The van der Waals surface area contributed by atoms with Crippen LogP contribution in [0.15, 0.2) is 168 Å². The molecule has 1 aromatic heterocycles. The number of rotatable bonds is 1. The van der Waals surface area contributed by atoms with Crippen LogP contribution < -0.4 is 4.90 Å². The molecule has 0 saturated carbocycles. The topological polar surface area (TPSA) is 16.4 Å². The number of fused-ring (bicyclic) bond motifs is 16. The first kappa shape index (κ1) is 24.5. The standard InChI is InChI=1S/C44H27NO/c1-6-20-34-28(14-1)29-15-2-7-21-35(29)43(34)38-24-10-11-25-39(38)44(36-22-8-3-16-30(36)31-17-4-9-23-37(31)44)45(43)40-26-13-19-33-32-18-5-12-27-41(32)46-42(33)40/h1-27H. The molecule has 2 nitrogen and oxygen atoms in total. The van der Waals surface area contributed by atoms with E-state index in [1.54, 1.807) is 0 Å². The van der Waals surface area contributed by atoms with Gasteiger partial charge < -0.3 is 9.32 Å². The Morgan fingerprint density at radius 3 is 1.24 bits per heavy atom. The van der Waals surface area contributed by atoms with E-state index in [4.69, 9.17) is 4.42 Å². The maximum atomic E-state index is 6.91. The fraction of sp³-hybridized carbons (Fsp3) is 0.0455. The third-order valence-electron chi connectivity index (χ3n) is 10.8. The van der Waals surface area contributed by atoms with Crippen molar-refractivity contribution in [3.8, 4) is 22.3 Å². The number of para-hydroxylation sites is 2. The van der Waals surface area contributed by atoms with Crippen molar-refractivity contribution in [1.29, 1.82) is 0 Å². The molecule has 0 amide bonds. The summed E-state index contributed by atoms with van der Waals surface area (Å²) in [5.74, 6) is 0. The maximum absolute atomic E-state index is 6.91. The molecule has 2 spiro atoms. The molecule has 8 aromatic rings. The second-order valence-electron chi connectivity index (χ2n) is 12.7. The van der Waals surface area contributed by atoms with Crippen LogP contribution in [-0.4, -0.2) is 0 Å². The van der Waals surface area contributed by atoms with Crippen molar-refractivity contribution >= 4 is 27.6 Å². The van der Waals surface area contributed by atoms with Gasteiger partial charge in [-0.3, -0.25) is 0 Å². The van der Waals surface area contributed by atoms with Crippen molar-refractivity contribution in [3.05, 3.63) is 197 Å². The van der Waals surface area contributed by atoms with Gasteiger partial charge in [-0.05, 0) is 67.8 Å². The molecule has 2 heterocycles. The summed E-state index contributed by atoms with van der Waals surface area (Å²) in [5.41, 5.74) is 14.6. The van der Waals surface area contributed by atoms with Gasteiger partial charge in [0.05, 0.1) is 5.69 Å². The average molecular weight is 586 g/mol. The Morgan fingerprint density at radius 2 is 0.739 bits per heavy atom. The van der Waals surface area contributed by atoms with Crippen molar-refractivity contribution in [2.24, 2.45) is 0 Å². The molecule has 0 N–H and O–H groups in total. The summed E-state index contributed by atoms with van der Waals surface area (Å²) in [6.07, 6.45) is 0. The molecule has 46 heavy (non-hydrogen) atoms. The van der Waals surface area contributed by atoms with Crippen molar-refractivity contribution in [1.82, 2.24) is 0 Å². The Morgan fingerprint density at radius 1 is 0.348 bits per heavy atom. The summed E-state index contributed by atoms with van der Waals surface area (Å²) >= 11 is 0. The lowest BCUT2D eigenvalue weighted by atomic mass is 9.79. The zero-order valence-corrected chi connectivity index (χ0v) is 24.9. The summed E-state index contributed by atoms with van der Waals surface area (Å²) in [6, 6.07) is 60.4. The normalized spacial score (nSPS) is 15.7. The molecule has 11 rings (SSSR count). The predicted octanol–water partition coefficient (Wildman–Crippen LogP) is 10.7. The van der Waals surface area contributed by atoms with E-state index in [2.05, 4.69) is 169 Å². The third kappa shape index (κ3) is 2.60. The van der Waals surface area contributed by atoms with E-state index in [-0.39, 0.29) is 0 Å². The molecule has 0 atom stereocenters. The molecule has 7 aromatic carbocycles. The van der Waals surface area contributed by atoms with Crippen LogP contribution in [0.1, 0.15) is 33.4 Å². The van der Waals surface area contributed by atoms with Crippen LogP contribution >= 0.6 is 0 Å². The SMILES string of the molecule is c1ccc2c(c1)-c1ccccc1C21c2ccccc2C2(c3ccccc3-c3ccccc32)N1c1cccc2c1oc1ccccc12. The highest BCUT2D eigenvalue weighted by atomic mass is 16.3. The lowest BCUT2D eigenvalue weighted by molar-refractivity contribution is 0.508. The van der Waals surface area contributed by atoms with Crippen molar-refractivity contribution < 1.29 is 4.42 Å². The lowest BCUT2D eigenvalue weighted by Gasteiger charge is -2.48. The minimum Gasteiger partial charge on any atom is -0.454 e. The Hall–Kier alpha value is -5.86. The highest BCUT2D eigenvalue weighted by Crippen LogP contribution is 2.70. The first-order valence-corrected chi connectivity index (χ1v) is 16.0. The number of hydrogen-bond acceptors (Lipinski definition) is 2. The van der Waals surface area contributed by atoms with Gasteiger partial charge in [0.2, 0.25) is 0 Å². The van der Waals surface area contributed by atoms with Crippen molar-refractivity contribution in [2.75, 3.05) is 4.90 Å². The van der Waals surface area contributed by atoms with Gasteiger partial charge in [-0.25, -0.2) is 0 Å². The van der Waals surface area contributed by atoms with Crippen LogP contribution in [0, 0.1) is 0 Å². The Kier molecular flexibility index (Phi) is 4.49. The summed E-state index contributed by atoms with van der Waals surface area (Å²) in [5, 5.41) is 2.27. The van der Waals surface area contributed by atoms with Gasteiger partial charge in [0.15, 0.2) is 5.58 Å². The van der Waals surface area contributed by atoms with Crippen LogP contribution in [0.3, 0.4) is 0 Å². The quantitative estimate of drug-likeness (QED) is 0.191. The second-order valence-corrected chi connectivity index (χ2v) is 12.7. The Bertz CT molecular complexity index is 2360. The molecule has 2 heteroatoms. The van der Waals surface area contributed by atoms with Gasteiger partial charge in [0, 0.05) is 10.8 Å². The molecule has 0 saturated heterocycles. The van der Waals surface area contributed by atoms with Gasteiger partial charge in [0.1, 0.15) is 16.7 Å². The Balaban J connectivity index is 1.41. The van der Waals surface area contributed by atoms with Gasteiger partial charge in [0.25, 0.3) is 0 Å². The molecule has 0 radical (unpaired) electrons. The van der Waals surface area contributed by atoms with Crippen molar-refractivity contribution in [3.63, 3.8) is 0 Å². The molecular weight excluding hydrogens is 558 g/mol. The molecule has 2 aliphatic carbocycles. The number of nitrogens with zero attached hydrogens (tertiary/aromatic N) is 1. The van der Waals surface area contributed by atoms with Gasteiger partial charge in [-0.15, -0.1) is 0 Å². The highest BCUT2D eigenvalue weighted by Gasteiger charge is 2.66. The van der Waals surface area contributed by atoms with Crippen LogP contribution in [0.4, 0.5) is 5.69 Å². The van der Waals surface area contributed by atoms with E-state index in [0.29, 0.717) is 0 Å². The molecule has 214 valence electrons. The number of benzene rings is 7. The van der Waals surface area contributed by atoms with E-state index >= 15 is 0 Å². The zero-order valence-electron chi connectivity index (χ0n) is 24.9. The maximum Gasteiger partial charge on any atom is 0.158 e. The predicted molar refractivity (Wildman–Crippen MR) is 186 cm³/mol. The van der Waals surface area contributed by atoms with E-state index in [1.165, 1.54) is 55.6 Å². The van der Waals surface area contributed by atoms with E-state index in [0.717, 1.165) is 27.6 Å². The lowest BCUT2D eigenvalue weighted by Crippen LogP contribution is -2.52. The molecule has 0 unspecified atom stereocenters. The van der Waals surface area contributed by atoms with Gasteiger partial charge in [-0.1, -0.05) is 152 Å². The van der Waals surface area contributed by atoms with E-state index in [1.807, 2.05) is 0 Å². The molecular formula is C44H27NO. The smallest absolute Gasteiger partial charge is 0.158 e. The molecule has 0 fully saturated rings. The first-order chi connectivity index (χ1) is 22.8. The molecule has 3 aliphatic rings. The van der Waals surface area contributed by atoms with Crippen molar-refractivity contribution in [2.45, 2.75) is 11.1 Å². The Labute approximate surface area is 266 Å². The van der Waals surface area contributed by atoms with Crippen LogP contribution in [0.2, 0.25) is 0 Å². The summed E-state index contributed by atoms with van der Waals surface area (Å²) in [4.78, 5) is 2.75. The summed E-state index contributed by atoms with van der Waals surface area (Å²) < 4.78 is 6.91. The number of furan rings is 1. The third-order valence-corrected chi connectivity index (χ3v) is 10.8. The zero-order chi connectivity index (χ0) is 30.0. The average Bonchev–Trinajstić information content (AvgIpc) is 3.82. The van der Waals surface area contributed by atoms with E-state index in [9.17, 15) is 0 Å². The fourth-order valence-electron chi connectivity index (χ4n) is 9.36. The second kappa shape index (κ2) is 8.44. The van der Waals surface area contributed by atoms with Gasteiger partial charge in [-0.2, -0.15) is 0 Å². The van der Waals surface area contributed by atoms with Crippen LogP contribution in [0.25, 0.3) is 44.2 Å². The van der Waals surface area contributed by atoms with Gasteiger partial charge >= 0.3 is 0 Å². The molecule has 1 aliphatic heterocycles. The molecule has 0 bridgehead atoms. The summed E-state index contributed by atoms with van der Waals surface area (Å²) in [6.45, 7) is 0.